The molecule has 0 spiro atoms. The first-order chi connectivity index (χ1) is 11.9. The molecule has 0 radical (unpaired) electrons. The van der Waals surface area contributed by atoms with Gasteiger partial charge in [-0.2, -0.15) is 0 Å². The second-order valence-corrected chi connectivity index (χ2v) is 5.54. The summed E-state index contributed by atoms with van der Waals surface area (Å²) in [6.07, 6.45) is -1.69. The molecule has 0 aliphatic rings. The molecule has 0 aliphatic heterocycles. The minimum absolute atomic E-state index is 0.196. The van der Waals surface area contributed by atoms with Crippen molar-refractivity contribution in [1.29, 1.82) is 0 Å². The van der Waals surface area contributed by atoms with Crippen LogP contribution in [0.25, 0.3) is 0 Å². The minimum Gasteiger partial charge on any atom is -0.546 e. The first kappa shape index (κ1) is 18.2. The summed E-state index contributed by atoms with van der Waals surface area (Å²) in [5.74, 6) is -3.18. The summed E-state index contributed by atoms with van der Waals surface area (Å²) in [6.45, 7) is 3.09. The maximum absolute atomic E-state index is 12.0. The topological polar surface area (TPSA) is 92.7 Å². The highest BCUT2D eigenvalue weighted by Crippen LogP contribution is 2.09. The number of carbonyl (C=O) groups is 3. The van der Waals surface area contributed by atoms with E-state index < -0.39 is 30.6 Å². The maximum Gasteiger partial charge on any atom is 0.338 e. The summed E-state index contributed by atoms with van der Waals surface area (Å²) < 4.78 is 9.78. The highest BCUT2D eigenvalue weighted by atomic mass is 16.6. The van der Waals surface area contributed by atoms with E-state index in [0.717, 1.165) is 11.1 Å². The first-order valence-electron chi connectivity index (χ1n) is 7.59. The normalized spacial score (nSPS) is 11.4. The second kappa shape index (κ2) is 8.10. The predicted octanol–water partition coefficient (Wildman–Crippen LogP) is 1.44. The molecule has 0 saturated heterocycles. The number of rotatable bonds is 6. The lowest BCUT2D eigenvalue weighted by Crippen LogP contribution is -2.42. The van der Waals surface area contributed by atoms with Gasteiger partial charge >= 0.3 is 11.9 Å². The molecule has 25 heavy (non-hydrogen) atoms. The number of ether oxygens (including phenoxy) is 2. The summed E-state index contributed by atoms with van der Waals surface area (Å²) in [5.41, 5.74) is 2.38. The number of carboxylic acids is 1. The lowest BCUT2D eigenvalue weighted by atomic mass is 10.1. The van der Waals surface area contributed by atoms with Crippen molar-refractivity contribution in [2.75, 3.05) is 6.61 Å². The van der Waals surface area contributed by atoms with Gasteiger partial charge in [0.05, 0.1) is 17.1 Å². The molecule has 6 heteroatoms. The molecule has 0 aliphatic carbocycles. The Morgan fingerprint density at radius 3 is 1.72 bits per heavy atom. The average Bonchev–Trinajstić information content (AvgIpc) is 2.59. The van der Waals surface area contributed by atoms with Crippen LogP contribution in [0.15, 0.2) is 48.5 Å². The van der Waals surface area contributed by atoms with Crippen molar-refractivity contribution in [1.82, 2.24) is 0 Å². The maximum atomic E-state index is 12.0. The van der Waals surface area contributed by atoms with Crippen molar-refractivity contribution < 1.29 is 29.0 Å². The smallest absolute Gasteiger partial charge is 0.338 e. The molecule has 0 saturated carbocycles. The fourth-order valence-corrected chi connectivity index (χ4v) is 1.96. The van der Waals surface area contributed by atoms with Crippen LogP contribution in [-0.2, 0) is 14.3 Å². The van der Waals surface area contributed by atoms with Crippen molar-refractivity contribution in [2.45, 2.75) is 20.0 Å². The van der Waals surface area contributed by atoms with Crippen LogP contribution in [0.5, 0.6) is 0 Å². The third kappa shape index (κ3) is 5.17. The third-order valence-corrected chi connectivity index (χ3v) is 3.45. The number of aryl methyl sites for hydroxylation is 2. The van der Waals surface area contributed by atoms with Crippen LogP contribution in [0.1, 0.15) is 31.8 Å². The van der Waals surface area contributed by atoms with Gasteiger partial charge in [-0.1, -0.05) is 35.4 Å². The van der Waals surface area contributed by atoms with Crippen LogP contribution in [0.3, 0.4) is 0 Å². The molecule has 2 rings (SSSR count). The molecular weight excluding hydrogens is 324 g/mol. The van der Waals surface area contributed by atoms with Gasteiger partial charge in [0.1, 0.15) is 6.61 Å². The van der Waals surface area contributed by atoms with Crippen LogP contribution in [0.4, 0.5) is 0 Å². The zero-order valence-corrected chi connectivity index (χ0v) is 13.9. The molecule has 130 valence electrons. The summed E-state index contributed by atoms with van der Waals surface area (Å²) in [5, 5.41) is 11.1. The lowest BCUT2D eigenvalue weighted by molar-refractivity contribution is -0.315. The summed E-state index contributed by atoms with van der Waals surface area (Å²) in [6, 6.07) is 13.0. The van der Waals surface area contributed by atoms with Gasteiger partial charge in [-0.3, -0.25) is 0 Å². The summed E-state index contributed by atoms with van der Waals surface area (Å²) >= 11 is 0. The third-order valence-electron chi connectivity index (χ3n) is 3.45. The van der Waals surface area contributed by atoms with E-state index in [0.29, 0.717) is 0 Å². The standard InChI is InChI=1S/C19H18O6/c1-12-3-7-14(8-4-12)18(22)24-11-16(17(20)21)25-19(23)15-9-5-13(2)6-10-15/h3-10,16H,11H2,1-2H3,(H,20,21)/p-1/t16-/m1/s1. The number of carbonyl (C=O) groups excluding carboxylic acids is 3. The van der Waals surface area contributed by atoms with Crippen LogP contribution in [0.2, 0.25) is 0 Å². The van der Waals surface area contributed by atoms with Crippen LogP contribution < -0.4 is 5.11 Å². The number of carboxylic acid groups (broad SMARTS) is 1. The van der Waals surface area contributed by atoms with Gasteiger partial charge in [-0.25, -0.2) is 9.59 Å². The largest absolute Gasteiger partial charge is 0.546 e. The Balaban J connectivity index is 1.97. The molecule has 1 atom stereocenters. The van der Waals surface area contributed by atoms with Crippen molar-refractivity contribution in [3.05, 3.63) is 70.8 Å². The SMILES string of the molecule is Cc1ccc(C(=O)OC[C@@H](OC(=O)c2ccc(C)cc2)C(=O)[O-])cc1. The fourth-order valence-electron chi connectivity index (χ4n) is 1.96. The van der Waals surface area contributed by atoms with E-state index in [9.17, 15) is 19.5 Å². The van der Waals surface area contributed by atoms with Gasteiger partial charge in [0.15, 0.2) is 6.10 Å². The van der Waals surface area contributed by atoms with E-state index in [-0.39, 0.29) is 11.1 Å². The zero-order valence-electron chi connectivity index (χ0n) is 13.9. The monoisotopic (exact) mass is 341 g/mol. The Bertz CT molecular complexity index is 762. The molecule has 0 fully saturated rings. The van der Waals surface area contributed by atoms with Crippen molar-refractivity contribution in [3.8, 4) is 0 Å². The van der Waals surface area contributed by atoms with E-state index >= 15 is 0 Å². The van der Waals surface area contributed by atoms with Crippen molar-refractivity contribution in [2.24, 2.45) is 0 Å². The Morgan fingerprint density at radius 2 is 1.28 bits per heavy atom. The Hall–Kier alpha value is -3.15. The zero-order chi connectivity index (χ0) is 18.4. The average molecular weight is 341 g/mol. The van der Waals surface area contributed by atoms with Crippen LogP contribution >= 0.6 is 0 Å². The number of aliphatic carboxylic acids is 1. The Kier molecular flexibility index (Phi) is 5.89. The van der Waals surface area contributed by atoms with Gasteiger partial charge in [0.25, 0.3) is 0 Å². The number of esters is 2. The molecule has 2 aromatic rings. The Morgan fingerprint density at radius 1 is 0.840 bits per heavy atom. The molecule has 0 bridgehead atoms. The van der Waals surface area contributed by atoms with Gasteiger partial charge in [-0.15, -0.1) is 0 Å². The van der Waals surface area contributed by atoms with Gasteiger partial charge in [0.2, 0.25) is 0 Å². The highest BCUT2D eigenvalue weighted by molar-refractivity contribution is 5.91. The summed E-state index contributed by atoms with van der Waals surface area (Å²) in [7, 11) is 0. The highest BCUT2D eigenvalue weighted by Gasteiger charge is 2.20. The van der Waals surface area contributed by atoms with E-state index in [2.05, 4.69) is 0 Å². The van der Waals surface area contributed by atoms with E-state index in [1.54, 1.807) is 36.4 Å². The minimum atomic E-state index is -1.69. The molecule has 0 N–H and O–H groups in total. The van der Waals surface area contributed by atoms with Crippen LogP contribution in [0, 0.1) is 13.8 Å². The Labute approximate surface area is 145 Å². The molecule has 6 nitrogen and oxygen atoms in total. The molecule has 0 heterocycles. The number of hydrogen-bond donors (Lipinski definition) is 0. The quantitative estimate of drug-likeness (QED) is 0.738. The molecule has 0 aromatic heterocycles. The van der Waals surface area contributed by atoms with Gasteiger partial charge in [-0.05, 0) is 38.1 Å². The number of benzene rings is 2. The van der Waals surface area contributed by atoms with Crippen molar-refractivity contribution >= 4 is 17.9 Å². The van der Waals surface area contributed by atoms with Crippen molar-refractivity contribution in [3.63, 3.8) is 0 Å². The number of hydrogen-bond acceptors (Lipinski definition) is 6. The van der Waals surface area contributed by atoms with E-state index in [4.69, 9.17) is 9.47 Å². The second-order valence-electron chi connectivity index (χ2n) is 5.54. The predicted molar refractivity (Wildman–Crippen MR) is 86.9 cm³/mol. The van der Waals surface area contributed by atoms with Gasteiger partial charge in [0, 0.05) is 0 Å². The molecule has 0 unspecified atom stereocenters. The first-order valence-corrected chi connectivity index (χ1v) is 7.59. The lowest BCUT2D eigenvalue weighted by Gasteiger charge is -2.18. The van der Waals surface area contributed by atoms with E-state index in [1.807, 2.05) is 13.8 Å². The summed E-state index contributed by atoms with van der Waals surface area (Å²) in [4.78, 5) is 35.0. The van der Waals surface area contributed by atoms with Gasteiger partial charge < -0.3 is 19.4 Å². The molecule has 0 amide bonds. The molecule has 2 aromatic carbocycles. The fraction of sp³-hybridized carbons (Fsp3) is 0.211. The molecular formula is C19H17O6-. The van der Waals surface area contributed by atoms with E-state index in [1.165, 1.54) is 12.1 Å². The van der Waals surface area contributed by atoms with Crippen LogP contribution in [-0.4, -0.2) is 30.6 Å².